The van der Waals surface area contributed by atoms with Gasteiger partial charge in [0.15, 0.2) is 11.5 Å². The molecule has 0 heterocycles. The van der Waals surface area contributed by atoms with Gasteiger partial charge in [0.2, 0.25) is 0 Å². The highest BCUT2D eigenvalue weighted by molar-refractivity contribution is 9.10. The Bertz CT molecular complexity index is 636. The predicted octanol–water partition coefficient (Wildman–Crippen LogP) is 1.55. The quantitative estimate of drug-likeness (QED) is 0.499. The van der Waals surface area contributed by atoms with E-state index in [0.717, 1.165) is 26.0 Å². The third-order valence-corrected chi connectivity index (χ3v) is 3.20. The molecule has 0 aliphatic heterocycles. The van der Waals surface area contributed by atoms with Gasteiger partial charge in [-0.3, -0.25) is 14.1 Å². The molecule has 0 atom stereocenters. The van der Waals surface area contributed by atoms with E-state index in [-0.39, 0.29) is 16.0 Å². The van der Waals surface area contributed by atoms with E-state index in [1.807, 2.05) is 0 Å². The van der Waals surface area contributed by atoms with Crippen molar-refractivity contribution in [2.45, 2.75) is 18.7 Å². The maximum Gasteiger partial charge on any atom is 0.308 e. The Morgan fingerprint density at radius 2 is 1.68 bits per heavy atom. The summed E-state index contributed by atoms with van der Waals surface area (Å²) in [6.45, 7) is 2.21. The number of hydrogen-bond acceptors (Lipinski definition) is 6. The highest BCUT2D eigenvalue weighted by Gasteiger charge is 2.20. The summed E-state index contributed by atoms with van der Waals surface area (Å²) in [5.74, 6) is -1.89. The Hall–Kier alpha value is -1.45. The van der Waals surface area contributed by atoms with Gasteiger partial charge in [-0.05, 0) is 22.0 Å². The standard InChI is InChI=1S/C10H9BrO7S/c1-5(12)17-9-4-7(19(14,15)16)3-8(11)10(9)18-6(2)13/h3-4H,1-2H3,(H,14,15,16). The molecule has 0 saturated heterocycles. The molecule has 0 bridgehead atoms. The van der Waals surface area contributed by atoms with Crippen LogP contribution in [0, 0.1) is 0 Å². The molecule has 7 nitrogen and oxygen atoms in total. The van der Waals surface area contributed by atoms with E-state index in [0.29, 0.717) is 0 Å². The van der Waals surface area contributed by atoms with Gasteiger partial charge in [-0.15, -0.1) is 0 Å². The first-order valence-electron chi connectivity index (χ1n) is 4.79. The van der Waals surface area contributed by atoms with Gasteiger partial charge in [-0.25, -0.2) is 0 Å². The second kappa shape index (κ2) is 5.68. The summed E-state index contributed by atoms with van der Waals surface area (Å²) in [4.78, 5) is 21.4. The molecule has 0 spiro atoms. The lowest BCUT2D eigenvalue weighted by atomic mass is 10.3. The van der Waals surface area contributed by atoms with E-state index < -0.39 is 27.0 Å². The highest BCUT2D eigenvalue weighted by Crippen LogP contribution is 2.38. The third kappa shape index (κ3) is 4.30. The number of carbonyl (C=O) groups is 2. The summed E-state index contributed by atoms with van der Waals surface area (Å²) < 4.78 is 40.6. The Labute approximate surface area is 117 Å². The van der Waals surface area contributed by atoms with Crippen molar-refractivity contribution in [1.82, 2.24) is 0 Å². The number of rotatable bonds is 3. The first-order chi connectivity index (χ1) is 8.61. The van der Waals surface area contributed by atoms with Crippen LogP contribution in [0.25, 0.3) is 0 Å². The molecule has 0 unspecified atom stereocenters. The molecular formula is C10H9BrO7S. The summed E-state index contributed by atoms with van der Waals surface area (Å²) in [5.41, 5.74) is 0. The fraction of sp³-hybridized carbons (Fsp3) is 0.200. The molecule has 0 amide bonds. The molecule has 0 saturated carbocycles. The average molecular weight is 353 g/mol. The molecule has 9 heteroatoms. The molecule has 0 fully saturated rings. The summed E-state index contributed by atoms with van der Waals surface area (Å²) in [5, 5.41) is 0. The number of ether oxygens (including phenoxy) is 2. The lowest BCUT2D eigenvalue weighted by Crippen LogP contribution is -2.09. The number of esters is 2. The van der Waals surface area contributed by atoms with Crippen molar-refractivity contribution in [2.75, 3.05) is 0 Å². The minimum absolute atomic E-state index is 0.0362. The van der Waals surface area contributed by atoms with Crippen LogP contribution in [0.5, 0.6) is 11.5 Å². The van der Waals surface area contributed by atoms with Gasteiger partial charge in [0, 0.05) is 19.9 Å². The van der Waals surface area contributed by atoms with Gasteiger partial charge in [-0.1, -0.05) is 0 Å². The zero-order chi connectivity index (χ0) is 14.8. The fourth-order valence-corrected chi connectivity index (χ4v) is 2.36. The van der Waals surface area contributed by atoms with Gasteiger partial charge in [0.1, 0.15) is 0 Å². The van der Waals surface area contributed by atoms with Crippen LogP contribution in [0.2, 0.25) is 0 Å². The summed E-state index contributed by atoms with van der Waals surface area (Å²) in [6.07, 6.45) is 0. The second-order valence-electron chi connectivity index (χ2n) is 3.39. The topological polar surface area (TPSA) is 107 Å². The van der Waals surface area contributed by atoms with Crippen LogP contribution in [-0.4, -0.2) is 24.9 Å². The van der Waals surface area contributed by atoms with Gasteiger partial charge >= 0.3 is 11.9 Å². The van der Waals surface area contributed by atoms with Crippen molar-refractivity contribution >= 4 is 38.0 Å². The van der Waals surface area contributed by atoms with Crippen molar-refractivity contribution in [2.24, 2.45) is 0 Å². The minimum atomic E-state index is -4.49. The zero-order valence-electron chi connectivity index (χ0n) is 9.84. The largest absolute Gasteiger partial charge is 0.423 e. The van der Waals surface area contributed by atoms with Crippen molar-refractivity contribution < 1.29 is 32.0 Å². The summed E-state index contributed by atoms with van der Waals surface area (Å²) >= 11 is 2.96. The zero-order valence-corrected chi connectivity index (χ0v) is 12.2. The average Bonchev–Trinajstić information content (AvgIpc) is 2.20. The van der Waals surface area contributed by atoms with E-state index in [1.54, 1.807) is 0 Å². The van der Waals surface area contributed by atoms with E-state index in [2.05, 4.69) is 15.9 Å². The molecule has 1 N–H and O–H groups in total. The van der Waals surface area contributed by atoms with Crippen molar-refractivity contribution in [1.29, 1.82) is 0 Å². The Morgan fingerprint density at radius 1 is 1.16 bits per heavy atom. The Balaban J connectivity index is 3.46. The third-order valence-electron chi connectivity index (χ3n) is 1.78. The van der Waals surface area contributed by atoms with Crippen LogP contribution in [-0.2, 0) is 19.7 Å². The van der Waals surface area contributed by atoms with Gasteiger partial charge in [-0.2, -0.15) is 8.42 Å². The molecule has 0 aliphatic carbocycles. The van der Waals surface area contributed by atoms with Gasteiger partial charge in [0.25, 0.3) is 10.1 Å². The number of benzene rings is 1. The Kier molecular flexibility index (Phi) is 4.66. The normalized spacial score (nSPS) is 10.9. The summed E-state index contributed by atoms with van der Waals surface area (Å²) in [6, 6.07) is 1.89. The maximum atomic E-state index is 11.0. The minimum Gasteiger partial charge on any atom is -0.423 e. The lowest BCUT2D eigenvalue weighted by Gasteiger charge is -2.11. The predicted molar refractivity (Wildman–Crippen MR) is 66.6 cm³/mol. The number of carbonyl (C=O) groups excluding carboxylic acids is 2. The molecule has 1 aromatic rings. The van der Waals surface area contributed by atoms with Crippen molar-refractivity contribution in [3.63, 3.8) is 0 Å². The molecular weight excluding hydrogens is 344 g/mol. The van der Waals surface area contributed by atoms with Crippen LogP contribution < -0.4 is 9.47 Å². The van der Waals surface area contributed by atoms with Crippen molar-refractivity contribution in [3.05, 3.63) is 16.6 Å². The van der Waals surface area contributed by atoms with Gasteiger partial charge < -0.3 is 9.47 Å². The SMILES string of the molecule is CC(=O)Oc1cc(S(=O)(=O)O)cc(Br)c1OC(C)=O. The van der Waals surface area contributed by atoms with Crippen LogP contribution in [0.1, 0.15) is 13.8 Å². The molecule has 0 aliphatic rings. The first kappa shape index (κ1) is 15.6. The van der Waals surface area contributed by atoms with E-state index in [1.165, 1.54) is 0 Å². The number of halogens is 1. The molecule has 19 heavy (non-hydrogen) atoms. The van der Waals surface area contributed by atoms with E-state index in [9.17, 15) is 18.0 Å². The van der Waals surface area contributed by atoms with Crippen LogP contribution in [0.4, 0.5) is 0 Å². The van der Waals surface area contributed by atoms with E-state index >= 15 is 0 Å². The van der Waals surface area contributed by atoms with Crippen LogP contribution >= 0.6 is 15.9 Å². The fourth-order valence-electron chi connectivity index (χ4n) is 1.17. The van der Waals surface area contributed by atoms with Crippen molar-refractivity contribution in [3.8, 4) is 11.5 Å². The molecule has 104 valence electrons. The Morgan fingerprint density at radius 3 is 2.11 bits per heavy atom. The smallest absolute Gasteiger partial charge is 0.308 e. The molecule has 1 rings (SSSR count). The molecule has 1 aromatic carbocycles. The van der Waals surface area contributed by atoms with Crippen LogP contribution in [0.3, 0.4) is 0 Å². The summed E-state index contributed by atoms with van der Waals surface area (Å²) in [7, 11) is -4.49. The second-order valence-corrected chi connectivity index (χ2v) is 5.67. The first-order valence-corrected chi connectivity index (χ1v) is 7.02. The van der Waals surface area contributed by atoms with E-state index in [4.69, 9.17) is 14.0 Å². The van der Waals surface area contributed by atoms with Crippen LogP contribution in [0.15, 0.2) is 21.5 Å². The lowest BCUT2D eigenvalue weighted by molar-refractivity contribution is -0.134. The maximum absolute atomic E-state index is 11.0. The molecule has 0 radical (unpaired) electrons. The molecule has 0 aromatic heterocycles. The monoisotopic (exact) mass is 352 g/mol. The van der Waals surface area contributed by atoms with Gasteiger partial charge in [0.05, 0.1) is 9.37 Å². The number of hydrogen-bond donors (Lipinski definition) is 1. The highest BCUT2D eigenvalue weighted by atomic mass is 79.9.